The van der Waals surface area contributed by atoms with Crippen LogP contribution in [0.25, 0.3) is 10.9 Å². The van der Waals surface area contributed by atoms with E-state index in [0.29, 0.717) is 42.3 Å². The first kappa shape index (κ1) is 21.4. The minimum Gasteiger partial charge on any atom is -0.486 e. The molecule has 2 heterocycles. The second-order valence-corrected chi connectivity index (χ2v) is 8.83. The van der Waals surface area contributed by atoms with Gasteiger partial charge in [-0.05, 0) is 30.5 Å². The molecule has 7 heteroatoms. The van der Waals surface area contributed by atoms with Gasteiger partial charge in [0.1, 0.15) is 13.2 Å². The van der Waals surface area contributed by atoms with E-state index in [0.717, 1.165) is 36.6 Å². The standard InChI is InChI=1S/C26H29N3O4/c30-25-20(13-19-14-23-24(15-22(19)28-25)33-12-11-32-23)17-29(16-18-7-3-1-4-8-18)26(31)27-21-9-5-2-6-10-21/h1,3-4,7-8,13-15,21H,2,5-6,9-12,16-17H2,(H,27,31)(H,28,30). The van der Waals surface area contributed by atoms with E-state index in [1.54, 1.807) is 11.0 Å². The zero-order valence-corrected chi connectivity index (χ0v) is 18.6. The first-order chi connectivity index (χ1) is 16.2. The lowest BCUT2D eigenvalue weighted by atomic mass is 9.96. The maximum atomic E-state index is 13.3. The molecule has 1 fully saturated rings. The second-order valence-electron chi connectivity index (χ2n) is 8.83. The predicted molar refractivity (Wildman–Crippen MR) is 127 cm³/mol. The molecule has 2 amide bonds. The van der Waals surface area contributed by atoms with Crippen molar-refractivity contribution in [2.75, 3.05) is 13.2 Å². The van der Waals surface area contributed by atoms with Crippen LogP contribution in [0.5, 0.6) is 11.5 Å². The number of amides is 2. The Hall–Kier alpha value is -3.48. The molecule has 5 rings (SSSR count). The van der Waals surface area contributed by atoms with Crippen molar-refractivity contribution in [1.82, 2.24) is 15.2 Å². The molecule has 2 aromatic carbocycles. The number of ether oxygens (including phenoxy) is 2. The molecular weight excluding hydrogens is 418 g/mol. The second kappa shape index (κ2) is 9.57. The summed E-state index contributed by atoms with van der Waals surface area (Å²) < 4.78 is 11.3. The Kier molecular flexibility index (Phi) is 6.19. The molecule has 0 spiro atoms. The Morgan fingerprint density at radius 1 is 0.970 bits per heavy atom. The number of pyridine rings is 1. The highest BCUT2D eigenvalue weighted by Crippen LogP contribution is 2.33. The number of aromatic nitrogens is 1. The summed E-state index contributed by atoms with van der Waals surface area (Å²) >= 11 is 0. The average molecular weight is 448 g/mol. The van der Waals surface area contributed by atoms with E-state index in [1.807, 2.05) is 42.5 Å². The number of carbonyl (C=O) groups is 1. The fourth-order valence-corrected chi connectivity index (χ4v) is 4.63. The Labute approximate surface area is 192 Å². The van der Waals surface area contributed by atoms with Gasteiger partial charge in [0, 0.05) is 29.6 Å². The molecule has 7 nitrogen and oxygen atoms in total. The normalized spacial score (nSPS) is 15.9. The number of H-pyrrole nitrogens is 1. The Morgan fingerprint density at radius 2 is 1.70 bits per heavy atom. The van der Waals surface area contributed by atoms with Gasteiger partial charge in [-0.3, -0.25) is 4.79 Å². The zero-order valence-electron chi connectivity index (χ0n) is 18.6. The topological polar surface area (TPSA) is 83.7 Å². The first-order valence-electron chi connectivity index (χ1n) is 11.7. The van der Waals surface area contributed by atoms with Crippen LogP contribution in [0.1, 0.15) is 43.2 Å². The summed E-state index contributed by atoms with van der Waals surface area (Å²) in [4.78, 5) is 30.8. The molecule has 172 valence electrons. The highest BCUT2D eigenvalue weighted by Gasteiger charge is 2.22. The number of carbonyl (C=O) groups excluding carboxylic acids is 1. The lowest BCUT2D eigenvalue weighted by molar-refractivity contribution is 0.172. The molecule has 0 radical (unpaired) electrons. The Bertz CT molecular complexity index is 1190. The molecule has 1 saturated carbocycles. The zero-order chi connectivity index (χ0) is 22.6. The molecule has 3 aromatic rings. The maximum Gasteiger partial charge on any atom is 0.318 e. The van der Waals surface area contributed by atoms with Gasteiger partial charge in [0.2, 0.25) is 0 Å². The molecule has 2 aliphatic rings. The molecular formula is C26H29N3O4. The van der Waals surface area contributed by atoms with Crippen molar-refractivity contribution in [2.45, 2.75) is 51.2 Å². The number of fused-ring (bicyclic) bond motifs is 2. The van der Waals surface area contributed by atoms with E-state index < -0.39 is 0 Å². The van der Waals surface area contributed by atoms with Gasteiger partial charge in [-0.15, -0.1) is 0 Å². The predicted octanol–water partition coefficient (Wildman–Crippen LogP) is 4.34. The SMILES string of the molecule is O=C(NC1CCCCC1)N(Cc1ccccc1)Cc1cc2cc3c(cc2[nH]c1=O)OCCO3. The summed E-state index contributed by atoms with van der Waals surface area (Å²) in [6.07, 6.45) is 5.53. The number of benzene rings is 2. The first-order valence-corrected chi connectivity index (χ1v) is 11.7. The van der Waals surface area contributed by atoms with Crippen molar-refractivity contribution >= 4 is 16.9 Å². The van der Waals surface area contributed by atoms with Crippen molar-refractivity contribution < 1.29 is 14.3 Å². The van der Waals surface area contributed by atoms with Crippen LogP contribution in [0, 0.1) is 0 Å². The Balaban J connectivity index is 1.42. The van der Waals surface area contributed by atoms with Crippen LogP contribution in [0.15, 0.2) is 53.3 Å². The van der Waals surface area contributed by atoms with Crippen molar-refractivity contribution in [3.05, 3.63) is 70.0 Å². The van der Waals surface area contributed by atoms with E-state index in [1.165, 1.54) is 6.42 Å². The molecule has 1 aliphatic heterocycles. The fraction of sp³-hybridized carbons (Fsp3) is 0.385. The number of nitrogens with zero attached hydrogens (tertiary/aromatic N) is 1. The van der Waals surface area contributed by atoms with Crippen molar-refractivity contribution in [2.24, 2.45) is 0 Å². The summed E-state index contributed by atoms with van der Waals surface area (Å²) in [5, 5.41) is 4.04. The molecule has 0 atom stereocenters. The van der Waals surface area contributed by atoms with Gasteiger partial charge in [0.05, 0.1) is 12.1 Å². The highest BCUT2D eigenvalue weighted by atomic mass is 16.6. The summed E-state index contributed by atoms with van der Waals surface area (Å²) in [6, 6.07) is 15.5. The highest BCUT2D eigenvalue weighted by molar-refractivity contribution is 5.83. The van der Waals surface area contributed by atoms with Gasteiger partial charge in [0.25, 0.3) is 5.56 Å². The maximum absolute atomic E-state index is 13.3. The molecule has 1 aromatic heterocycles. The largest absolute Gasteiger partial charge is 0.486 e. The van der Waals surface area contributed by atoms with Crippen LogP contribution in [0.3, 0.4) is 0 Å². The minimum atomic E-state index is -0.206. The lowest BCUT2D eigenvalue weighted by Gasteiger charge is -2.28. The van der Waals surface area contributed by atoms with E-state index in [-0.39, 0.29) is 24.2 Å². The third kappa shape index (κ3) is 4.97. The van der Waals surface area contributed by atoms with Gasteiger partial charge in [-0.2, -0.15) is 0 Å². The van der Waals surface area contributed by atoms with Crippen molar-refractivity contribution in [3.8, 4) is 11.5 Å². The molecule has 0 unspecified atom stereocenters. The lowest BCUT2D eigenvalue weighted by Crippen LogP contribution is -2.45. The number of urea groups is 1. The van der Waals surface area contributed by atoms with Crippen molar-refractivity contribution in [3.63, 3.8) is 0 Å². The van der Waals surface area contributed by atoms with Crippen LogP contribution in [0.2, 0.25) is 0 Å². The van der Waals surface area contributed by atoms with Crippen LogP contribution in [-0.2, 0) is 13.1 Å². The number of aromatic amines is 1. The number of hydrogen-bond donors (Lipinski definition) is 2. The van der Waals surface area contributed by atoms with Crippen LogP contribution < -0.4 is 20.3 Å². The quantitative estimate of drug-likeness (QED) is 0.609. The van der Waals surface area contributed by atoms with Gasteiger partial charge < -0.3 is 24.7 Å². The van der Waals surface area contributed by atoms with Gasteiger partial charge in [-0.1, -0.05) is 49.6 Å². The van der Waals surface area contributed by atoms with E-state index in [9.17, 15) is 9.59 Å². The van der Waals surface area contributed by atoms with Crippen LogP contribution in [0.4, 0.5) is 4.79 Å². The molecule has 0 bridgehead atoms. The third-order valence-corrected chi connectivity index (χ3v) is 6.38. The smallest absolute Gasteiger partial charge is 0.318 e. The van der Waals surface area contributed by atoms with E-state index in [2.05, 4.69) is 10.3 Å². The number of nitrogens with one attached hydrogen (secondary N) is 2. The van der Waals surface area contributed by atoms with Crippen LogP contribution >= 0.6 is 0 Å². The monoisotopic (exact) mass is 447 g/mol. The van der Waals surface area contributed by atoms with Gasteiger partial charge in [-0.25, -0.2) is 4.79 Å². The Morgan fingerprint density at radius 3 is 2.45 bits per heavy atom. The van der Waals surface area contributed by atoms with Gasteiger partial charge >= 0.3 is 6.03 Å². The minimum absolute atomic E-state index is 0.132. The summed E-state index contributed by atoms with van der Waals surface area (Å²) in [6.45, 7) is 1.64. The molecule has 1 aliphatic carbocycles. The summed E-state index contributed by atoms with van der Waals surface area (Å²) in [5.41, 5.74) is 2.04. The number of rotatable bonds is 5. The van der Waals surface area contributed by atoms with Crippen LogP contribution in [-0.4, -0.2) is 35.2 Å². The van der Waals surface area contributed by atoms with Gasteiger partial charge in [0.15, 0.2) is 11.5 Å². The third-order valence-electron chi connectivity index (χ3n) is 6.38. The summed E-state index contributed by atoms with van der Waals surface area (Å²) in [7, 11) is 0. The summed E-state index contributed by atoms with van der Waals surface area (Å²) in [5.74, 6) is 1.30. The fourth-order valence-electron chi connectivity index (χ4n) is 4.63. The molecule has 33 heavy (non-hydrogen) atoms. The average Bonchev–Trinajstić information content (AvgIpc) is 2.84. The number of hydrogen-bond acceptors (Lipinski definition) is 4. The van der Waals surface area contributed by atoms with E-state index >= 15 is 0 Å². The molecule has 0 saturated heterocycles. The van der Waals surface area contributed by atoms with E-state index in [4.69, 9.17) is 9.47 Å². The molecule has 2 N–H and O–H groups in total. The van der Waals surface area contributed by atoms with Crippen molar-refractivity contribution in [1.29, 1.82) is 0 Å².